The zero-order chi connectivity index (χ0) is 13.1. The highest BCUT2D eigenvalue weighted by atomic mass is 32.1. The highest BCUT2D eigenvalue weighted by Gasteiger charge is 2.15. The zero-order valence-electron chi connectivity index (χ0n) is 11.3. The van der Waals surface area contributed by atoms with Gasteiger partial charge in [0.25, 0.3) is 0 Å². The normalized spacial score (nSPS) is 12.7. The Kier molecular flexibility index (Phi) is 4.09. The first kappa shape index (κ1) is 13.2. The fourth-order valence-corrected chi connectivity index (χ4v) is 3.03. The Balaban J connectivity index is 2.34. The molecule has 0 fully saturated rings. The van der Waals surface area contributed by atoms with Gasteiger partial charge in [0.1, 0.15) is 5.01 Å². The molecular formula is C14H19N3S. The number of rotatable bonds is 4. The van der Waals surface area contributed by atoms with Crippen LogP contribution in [0, 0.1) is 13.8 Å². The molecule has 0 amide bonds. The van der Waals surface area contributed by atoms with Crippen molar-refractivity contribution in [2.75, 3.05) is 6.54 Å². The molecule has 2 heterocycles. The summed E-state index contributed by atoms with van der Waals surface area (Å²) in [6.07, 6.45) is 1.84. The SMILES string of the molecule is CCNC(C)c1sc(-c2cc(C)ccn2)nc1C. The van der Waals surface area contributed by atoms with E-state index < -0.39 is 0 Å². The van der Waals surface area contributed by atoms with Gasteiger partial charge in [-0.25, -0.2) is 4.98 Å². The molecule has 0 aliphatic rings. The molecule has 2 aromatic rings. The van der Waals surface area contributed by atoms with Gasteiger partial charge in [-0.05, 0) is 45.0 Å². The van der Waals surface area contributed by atoms with Gasteiger partial charge in [0, 0.05) is 17.1 Å². The predicted molar refractivity (Wildman–Crippen MR) is 76.9 cm³/mol. The molecule has 1 atom stereocenters. The first-order valence-corrected chi connectivity index (χ1v) is 7.07. The molecule has 18 heavy (non-hydrogen) atoms. The monoisotopic (exact) mass is 261 g/mol. The smallest absolute Gasteiger partial charge is 0.142 e. The Hall–Kier alpha value is -1.26. The number of nitrogens with one attached hydrogen (secondary N) is 1. The average Bonchev–Trinajstić information content (AvgIpc) is 2.72. The first-order chi connectivity index (χ1) is 8.61. The Bertz CT molecular complexity index is 534. The number of pyridine rings is 1. The van der Waals surface area contributed by atoms with Crippen molar-refractivity contribution in [1.82, 2.24) is 15.3 Å². The molecule has 3 nitrogen and oxygen atoms in total. The lowest BCUT2D eigenvalue weighted by atomic mass is 10.2. The molecule has 4 heteroatoms. The van der Waals surface area contributed by atoms with Crippen LogP contribution in [0.5, 0.6) is 0 Å². The Morgan fingerprint density at radius 1 is 1.39 bits per heavy atom. The standard InChI is InChI=1S/C14H19N3S/c1-5-15-10(3)13-11(4)17-14(18-13)12-8-9(2)6-7-16-12/h6-8,10,15H,5H2,1-4H3. The number of hydrogen-bond donors (Lipinski definition) is 1. The van der Waals surface area contributed by atoms with Crippen molar-refractivity contribution >= 4 is 11.3 Å². The van der Waals surface area contributed by atoms with Gasteiger partial charge in [0.05, 0.1) is 11.4 Å². The van der Waals surface area contributed by atoms with Gasteiger partial charge in [0.15, 0.2) is 0 Å². The third kappa shape index (κ3) is 2.76. The van der Waals surface area contributed by atoms with Crippen molar-refractivity contribution in [1.29, 1.82) is 0 Å². The molecule has 0 aliphatic carbocycles. The Labute approximate surface area is 112 Å². The summed E-state index contributed by atoms with van der Waals surface area (Å²) in [4.78, 5) is 10.3. The maximum absolute atomic E-state index is 4.64. The highest BCUT2D eigenvalue weighted by molar-refractivity contribution is 7.15. The maximum atomic E-state index is 4.64. The molecule has 0 aromatic carbocycles. The zero-order valence-corrected chi connectivity index (χ0v) is 12.1. The van der Waals surface area contributed by atoms with Gasteiger partial charge in [0.2, 0.25) is 0 Å². The summed E-state index contributed by atoms with van der Waals surface area (Å²) in [5, 5.41) is 4.44. The maximum Gasteiger partial charge on any atom is 0.142 e. The second-order valence-electron chi connectivity index (χ2n) is 4.47. The van der Waals surface area contributed by atoms with Crippen molar-refractivity contribution in [2.45, 2.75) is 33.7 Å². The van der Waals surface area contributed by atoms with E-state index in [4.69, 9.17) is 0 Å². The molecule has 0 spiro atoms. The minimum absolute atomic E-state index is 0.353. The molecule has 96 valence electrons. The molecule has 1 unspecified atom stereocenters. The van der Waals surface area contributed by atoms with E-state index in [1.165, 1.54) is 10.4 Å². The Morgan fingerprint density at radius 3 is 2.83 bits per heavy atom. The van der Waals surface area contributed by atoms with Crippen LogP contribution in [-0.2, 0) is 0 Å². The third-order valence-electron chi connectivity index (χ3n) is 2.87. The van der Waals surface area contributed by atoms with Crippen molar-refractivity contribution in [3.05, 3.63) is 34.5 Å². The lowest BCUT2D eigenvalue weighted by Crippen LogP contribution is -2.17. The quantitative estimate of drug-likeness (QED) is 0.915. The topological polar surface area (TPSA) is 37.8 Å². The van der Waals surface area contributed by atoms with Crippen molar-refractivity contribution in [3.8, 4) is 10.7 Å². The molecule has 2 aromatic heterocycles. The van der Waals surface area contributed by atoms with Gasteiger partial charge >= 0.3 is 0 Å². The third-order valence-corrected chi connectivity index (χ3v) is 4.23. The number of nitrogens with zero attached hydrogens (tertiary/aromatic N) is 2. The van der Waals surface area contributed by atoms with Crippen LogP contribution in [0.1, 0.15) is 36.0 Å². The molecule has 0 bridgehead atoms. The van der Waals surface area contributed by atoms with E-state index in [-0.39, 0.29) is 0 Å². The van der Waals surface area contributed by atoms with E-state index in [0.717, 1.165) is 22.9 Å². The number of aryl methyl sites for hydroxylation is 2. The van der Waals surface area contributed by atoms with E-state index in [9.17, 15) is 0 Å². The van der Waals surface area contributed by atoms with Gasteiger partial charge < -0.3 is 5.32 Å². The second-order valence-corrected chi connectivity index (χ2v) is 5.50. The first-order valence-electron chi connectivity index (χ1n) is 6.25. The van der Waals surface area contributed by atoms with Crippen LogP contribution in [0.25, 0.3) is 10.7 Å². The summed E-state index contributed by atoms with van der Waals surface area (Å²) in [5.41, 5.74) is 3.29. The van der Waals surface area contributed by atoms with E-state index in [2.05, 4.69) is 49.0 Å². The minimum Gasteiger partial charge on any atom is -0.310 e. The fourth-order valence-electron chi connectivity index (χ4n) is 1.97. The molecule has 0 saturated carbocycles. The van der Waals surface area contributed by atoms with Crippen molar-refractivity contribution in [3.63, 3.8) is 0 Å². The molecule has 2 rings (SSSR count). The summed E-state index contributed by atoms with van der Waals surface area (Å²) in [5.74, 6) is 0. The van der Waals surface area contributed by atoms with Gasteiger partial charge in [-0.3, -0.25) is 4.98 Å². The van der Waals surface area contributed by atoms with E-state index in [1.807, 2.05) is 12.3 Å². The van der Waals surface area contributed by atoms with Crippen LogP contribution < -0.4 is 5.32 Å². The van der Waals surface area contributed by atoms with Crippen LogP contribution in [-0.4, -0.2) is 16.5 Å². The van der Waals surface area contributed by atoms with Crippen molar-refractivity contribution in [2.24, 2.45) is 0 Å². The molecule has 0 saturated heterocycles. The van der Waals surface area contributed by atoms with Crippen LogP contribution in [0.15, 0.2) is 18.3 Å². The molecular weight excluding hydrogens is 242 g/mol. The predicted octanol–water partition coefficient (Wildman–Crippen LogP) is 3.49. The molecule has 0 radical (unpaired) electrons. The van der Waals surface area contributed by atoms with Crippen LogP contribution in [0.3, 0.4) is 0 Å². The number of thiazole rings is 1. The lowest BCUT2D eigenvalue weighted by molar-refractivity contribution is 0.603. The summed E-state index contributed by atoms with van der Waals surface area (Å²) in [6.45, 7) is 9.41. The minimum atomic E-state index is 0.353. The van der Waals surface area contributed by atoms with Gasteiger partial charge in [-0.15, -0.1) is 11.3 Å². The van der Waals surface area contributed by atoms with E-state index in [0.29, 0.717) is 6.04 Å². The van der Waals surface area contributed by atoms with Gasteiger partial charge in [-0.2, -0.15) is 0 Å². The number of aromatic nitrogens is 2. The molecule has 0 aliphatic heterocycles. The second kappa shape index (κ2) is 5.59. The summed E-state index contributed by atoms with van der Waals surface area (Å²) >= 11 is 1.73. The van der Waals surface area contributed by atoms with Crippen LogP contribution in [0.4, 0.5) is 0 Å². The summed E-state index contributed by atoms with van der Waals surface area (Å²) in [7, 11) is 0. The number of hydrogen-bond acceptors (Lipinski definition) is 4. The van der Waals surface area contributed by atoms with Crippen molar-refractivity contribution < 1.29 is 0 Å². The van der Waals surface area contributed by atoms with E-state index >= 15 is 0 Å². The molecule has 1 N–H and O–H groups in total. The summed E-state index contributed by atoms with van der Waals surface area (Å²) in [6, 6.07) is 4.44. The Morgan fingerprint density at radius 2 is 2.17 bits per heavy atom. The van der Waals surface area contributed by atoms with Gasteiger partial charge in [-0.1, -0.05) is 6.92 Å². The van der Waals surface area contributed by atoms with Crippen LogP contribution >= 0.6 is 11.3 Å². The summed E-state index contributed by atoms with van der Waals surface area (Å²) < 4.78 is 0. The largest absolute Gasteiger partial charge is 0.310 e. The van der Waals surface area contributed by atoms with E-state index in [1.54, 1.807) is 11.3 Å². The highest BCUT2D eigenvalue weighted by Crippen LogP contribution is 2.30. The fraction of sp³-hybridized carbons (Fsp3) is 0.429. The average molecular weight is 261 g/mol. The van der Waals surface area contributed by atoms with Crippen LogP contribution in [0.2, 0.25) is 0 Å². The lowest BCUT2D eigenvalue weighted by Gasteiger charge is -2.09.